The first-order valence-corrected chi connectivity index (χ1v) is 5.86. The predicted octanol–water partition coefficient (Wildman–Crippen LogP) is 1.19. The smallest absolute Gasteiger partial charge is 0.335 e. The molecule has 0 aromatic rings. The van der Waals surface area contributed by atoms with E-state index in [1.807, 2.05) is 0 Å². The Hall–Kier alpha value is -1.30. The zero-order chi connectivity index (χ0) is 12.1. The summed E-state index contributed by atoms with van der Waals surface area (Å²) in [5.41, 5.74) is 0.117. The van der Waals surface area contributed by atoms with Gasteiger partial charge in [0.05, 0.1) is 13.2 Å². The lowest BCUT2D eigenvalue weighted by Gasteiger charge is -2.24. The van der Waals surface area contributed by atoms with Crippen molar-refractivity contribution in [3.63, 3.8) is 0 Å². The Morgan fingerprint density at radius 2 is 2.25 bits per heavy atom. The van der Waals surface area contributed by atoms with E-state index in [0.29, 0.717) is 12.2 Å². The van der Waals surface area contributed by atoms with Crippen molar-refractivity contribution in [1.82, 2.24) is 4.90 Å². The second kappa shape index (κ2) is 5.69. The molecular weight excluding hydrogens is 230 g/mol. The number of nitrogens with zero attached hydrogens (tertiary/aromatic N) is 1. The highest BCUT2D eigenvalue weighted by molar-refractivity contribution is 8.13. The molecule has 2 amide bonds. The maximum absolute atomic E-state index is 11.4. The fourth-order valence-electron chi connectivity index (χ4n) is 1.18. The summed E-state index contributed by atoms with van der Waals surface area (Å²) < 4.78 is 4.72. The van der Waals surface area contributed by atoms with Gasteiger partial charge in [-0.15, -0.1) is 0 Å². The van der Waals surface area contributed by atoms with Gasteiger partial charge in [-0.1, -0.05) is 18.3 Å². The minimum Gasteiger partial charge on any atom is -0.463 e. The van der Waals surface area contributed by atoms with Crippen LogP contribution in [0.15, 0.2) is 12.2 Å². The predicted molar refractivity (Wildman–Crippen MR) is 60.0 cm³/mol. The lowest BCUT2D eigenvalue weighted by atomic mass is 10.2. The number of thioether (sulfide) groups is 1. The number of hydrogen-bond donors (Lipinski definition) is 0. The van der Waals surface area contributed by atoms with Crippen LogP contribution in [0, 0.1) is 0 Å². The molecule has 0 spiro atoms. The van der Waals surface area contributed by atoms with Gasteiger partial charge in [0, 0.05) is 17.7 Å². The van der Waals surface area contributed by atoms with Crippen LogP contribution in [0.4, 0.5) is 4.79 Å². The highest BCUT2D eigenvalue weighted by atomic mass is 32.2. The van der Waals surface area contributed by atoms with E-state index < -0.39 is 5.97 Å². The molecule has 1 fully saturated rings. The summed E-state index contributed by atoms with van der Waals surface area (Å²) in [6, 6.07) is 0. The average Bonchev–Trinajstić information content (AvgIpc) is 2.23. The van der Waals surface area contributed by atoms with Crippen LogP contribution in [-0.4, -0.2) is 40.9 Å². The summed E-state index contributed by atoms with van der Waals surface area (Å²) in [4.78, 5) is 35.1. The zero-order valence-electron chi connectivity index (χ0n) is 9.02. The van der Waals surface area contributed by atoms with E-state index in [2.05, 4.69) is 6.58 Å². The Labute approximate surface area is 97.8 Å². The molecule has 0 bridgehead atoms. The third kappa shape index (κ3) is 3.10. The number of esters is 1. The number of imide groups is 1. The SMILES string of the molecule is C=C(CN1C(=O)CCSC1=O)C(=O)OCC. The molecule has 0 aromatic heterocycles. The summed E-state index contributed by atoms with van der Waals surface area (Å²) in [6.45, 7) is 5.35. The fraction of sp³-hybridized carbons (Fsp3) is 0.500. The van der Waals surface area contributed by atoms with E-state index in [9.17, 15) is 14.4 Å². The van der Waals surface area contributed by atoms with Crippen molar-refractivity contribution in [1.29, 1.82) is 0 Å². The van der Waals surface area contributed by atoms with Crippen LogP contribution in [0.3, 0.4) is 0 Å². The number of ether oxygens (including phenoxy) is 1. The van der Waals surface area contributed by atoms with Crippen LogP contribution in [0.5, 0.6) is 0 Å². The van der Waals surface area contributed by atoms with Gasteiger partial charge < -0.3 is 4.74 Å². The number of amides is 2. The van der Waals surface area contributed by atoms with Gasteiger partial charge in [-0.05, 0) is 6.92 Å². The zero-order valence-corrected chi connectivity index (χ0v) is 9.84. The molecule has 88 valence electrons. The molecule has 1 heterocycles. The molecule has 0 radical (unpaired) electrons. The van der Waals surface area contributed by atoms with Crippen LogP contribution in [0.2, 0.25) is 0 Å². The molecule has 0 aliphatic carbocycles. The molecule has 1 aliphatic heterocycles. The first-order valence-electron chi connectivity index (χ1n) is 4.88. The fourth-order valence-corrected chi connectivity index (χ4v) is 1.96. The van der Waals surface area contributed by atoms with E-state index in [0.717, 1.165) is 16.7 Å². The largest absolute Gasteiger partial charge is 0.463 e. The van der Waals surface area contributed by atoms with E-state index in [4.69, 9.17) is 4.74 Å². The lowest BCUT2D eigenvalue weighted by Crippen LogP contribution is -2.40. The van der Waals surface area contributed by atoms with Crippen molar-refractivity contribution in [3.05, 3.63) is 12.2 Å². The maximum Gasteiger partial charge on any atom is 0.335 e. The van der Waals surface area contributed by atoms with E-state index in [1.165, 1.54) is 0 Å². The van der Waals surface area contributed by atoms with Gasteiger partial charge in [0.2, 0.25) is 5.91 Å². The summed E-state index contributed by atoms with van der Waals surface area (Å²) in [7, 11) is 0. The first-order chi connectivity index (χ1) is 7.56. The van der Waals surface area contributed by atoms with E-state index >= 15 is 0 Å². The second-order valence-electron chi connectivity index (χ2n) is 3.17. The molecule has 1 rings (SSSR count). The van der Waals surface area contributed by atoms with Crippen LogP contribution in [0.1, 0.15) is 13.3 Å². The Kier molecular flexibility index (Phi) is 4.54. The number of carbonyl (C=O) groups is 3. The van der Waals surface area contributed by atoms with Crippen molar-refractivity contribution in [2.45, 2.75) is 13.3 Å². The number of hydrogen-bond acceptors (Lipinski definition) is 5. The normalized spacial score (nSPS) is 16.2. The van der Waals surface area contributed by atoms with Crippen molar-refractivity contribution in [3.8, 4) is 0 Å². The standard InChI is InChI=1S/C10H13NO4S/c1-3-15-9(13)7(2)6-11-8(12)4-5-16-10(11)14/h2-6H2,1H3. The van der Waals surface area contributed by atoms with Gasteiger partial charge in [-0.3, -0.25) is 14.5 Å². The molecule has 5 nitrogen and oxygen atoms in total. The second-order valence-corrected chi connectivity index (χ2v) is 4.21. The van der Waals surface area contributed by atoms with E-state index in [-0.39, 0.29) is 29.9 Å². The lowest BCUT2D eigenvalue weighted by molar-refractivity contribution is -0.138. The molecule has 0 aromatic carbocycles. The van der Waals surface area contributed by atoms with Crippen molar-refractivity contribution in [2.24, 2.45) is 0 Å². The Morgan fingerprint density at radius 1 is 1.56 bits per heavy atom. The van der Waals surface area contributed by atoms with Crippen LogP contribution in [-0.2, 0) is 14.3 Å². The topological polar surface area (TPSA) is 63.7 Å². The Bertz CT molecular complexity index is 324. The summed E-state index contributed by atoms with van der Waals surface area (Å²) >= 11 is 1.07. The molecule has 0 saturated carbocycles. The van der Waals surface area contributed by atoms with Crippen molar-refractivity contribution >= 4 is 28.9 Å². The van der Waals surface area contributed by atoms with Crippen LogP contribution in [0.25, 0.3) is 0 Å². The van der Waals surface area contributed by atoms with Crippen LogP contribution >= 0.6 is 11.8 Å². The Morgan fingerprint density at radius 3 is 2.81 bits per heavy atom. The van der Waals surface area contributed by atoms with Crippen molar-refractivity contribution < 1.29 is 19.1 Å². The highest BCUT2D eigenvalue weighted by Crippen LogP contribution is 2.19. The highest BCUT2D eigenvalue weighted by Gasteiger charge is 2.28. The summed E-state index contributed by atoms with van der Waals surface area (Å²) in [6.07, 6.45) is 0.312. The number of carbonyl (C=O) groups excluding carboxylic acids is 3. The minimum atomic E-state index is -0.571. The third-order valence-corrected chi connectivity index (χ3v) is 2.85. The third-order valence-electron chi connectivity index (χ3n) is 1.98. The molecule has 1 saturated heterocycles. The minimum absolute atomic E-state index is 0.0799. The monoisotopic (exact) mass is 243 g/mol. The summed E-state index contributed by atoms with van der Waals surface area (Å²) in [5.74, 6) is -0.340. The average molecular weight is 243 g/mol. The summed E-state index contributed by atoms with van der Waals surface area (Å²) in [5, 5.41) is -0.332. The van der Waals surface area contributed by atoms with Gasteiger partial charge in [0.25, 0.3) is 5.24 Å². The molecule has 0 unspecified atom stereocenters. The molecule has 0 N–H and O–H groups in total. The molecule has 16 heavy (non-hydrogen) atoms. The van der Waals surface area contributed by atoms with Gasteiger partial charge in [-0.2, -0.15) is 0 Å². The molecule has 6 heteroatoms. The molecular formula is C10H13NO4S. The van der Waals surface area contributed by atoms with Gasteiger partial charge in [0.1, 0.15) is 0 Å². The number of rotatable bonds is 4. The molecule has 1 aliphatic rings. The van der Waals surface area contributed by atoms with Gasteiger partial charge in [0.15, 0.2) is 0 Å². The molecule has 0 atom stereocenters. The first kappa shape index (κ1) is 12.8. The van der Waals surface area contributed by atoms with Gasteiger partial charge in [-0.25, -0.2) is 4.79 Å². The van der Waals surface area contributed by atoms with Crippen molar-refractivity contribution in [2.75, 3.05) is 18.9 Å². The van der Waals surface area contributed by atoms with Crippen LogP contribution < -0.4 is 0 Å². The Balaban J connectivity index is 2.58. The maximum atomic E-state index is 11.4. The van der Waals surface area contributed by atoms with E-state index in [1.54, 1.807) is 6.92 Å². The van der Waals surface area contributed by atoms with Gasteiger partial charge >= 0.3 is 5.97 Å². The quantitative estimate of drug-likeness (QED) is 0.548.